The summed E-state index contributed by atoms with van der Waals surface area (Å²) in [7, 11) is 3.46. The van der Waals surface area contributed by atoms with Crippen LogP contribution in [0.15, 0.2) is 30.5 Å². The molecule has 5 heteroatoms. The van der Waals surface area contributed by atoms with Crippen molar-refractivity contribution >= 4 is 0 Å². The average Bonchev–Trinajstić information content (AvgIpc) is 2.72. The summed E-state index contributed by atoms with van der Waals surface area (Å²) >= 11 is 0. The van der Waals surface area contributed by atoms with Gasteiger partial charge in [0, 0.05) is 18.8 Å². The Morgan fingerprint density at radius 2 is 2.06 bits per heavy atom. The van der Waals surface area contributed by atoms with Crippen LogP contribution in [-0.4, -0.2) is 16.8 Å². The molecule has 17 heavy (non-hydrogen) atoms. The number of rotatable bonds is 3. The van der Waals surface area contributed by atoms with Crippen LogP contribution in [0.5, 0.6) is 0 Å². The molecule has 1 unspecified atom stereocenters. The van der Waals surface area contributed by atoms with E-state index in [4.69, 9.17) is 0 Å². The zero-order chi connectivity index (χ0) is 12.4. The summed E-state index contributed by atoms with van der Waals surface area (Å²) < 4.78 is 28.5. The van der Waals surface area contributed by atoms with E-state index in [-0.39, 0.29) is 5.56 Å². The molecule has 0 aliphatic rings. The van der Waals surface area contributed by atoms with Crippen molar-refractivity contribution in [1.29, 1.82) is 0 Å². The highest BCUT2D eigenvalue weighted by Gasteiger charge is 2.20. The van der Waals surface area contributed by atoms with Crippen LogP contribution in [0.2, 0.25) is 0 Å². The Labute approximate surface area is 98.1 Å². The van der Waals surface area contributed by atoms with E-state index in [0.29, 0.717) is 5.69 Å². The van der Waals surface area contributed by atoms with Crippen molar-refractivity contribution in [3.05, 3.63) is 53.4 Å². The van der Waals surface area contributed by atoms with Crippen molar-refractivity contribution in [2.75, 3.05) is 7.05 Å². The van der Waals surface area contributed by atoms with Crippen LogP contribution >= 0.6 is 0 Å². The number of hydrogen-bond acceptors (Lipinski definition) is 2. The van der Waals surface area contributed by atoms with Crippen LogP contribution in [0.25, 0.3) is 0 Å². The van der Waals surface area contributed by atoms with Gasteiger partial charge in [0.15, 0.2) is 11.6 Å². The molecular weight excluding hydrogens is 224 g/mol. The highest BCUT2D eigenvalue weighted by atomic mass is 19.2. The summed E-state index contributed by atoms with van der Waals surface area (Å²) in [6.07, 6.45) is 1.76. The van der Waals surface area contributed by atoms with Gasteiger partial charge in [0.2, 0.25) is 0 Å². The molecule has 0 amide bonds. The minimum absolute atomic E-state index is 0.256. The van der Waals surface area contributed by atoms with Crippen LogP contribution in [0.3, 0.4) is 0 Å². The predicted molar refractivity (Wildman–Crippen MR) is 60.5 cm³/mol. The Hall–Kier alpha value is -1.75. The largest absolute Gasteiger partial charge is 0.308 e. The molecule has 0 aliphatic heterocycles. The molecule has 0 aliphatic carbocycles. The van der Waals surface area contributed by atoms with Crippen LogP contribution < -0.4 is 5.32 Å². The van der Waals surface area contributed by atoms with Crippen LogP contribution in [0, 0.1) is 11.6 Å². The van der Waals surface area contributed by atoms with Crippen molar-refractivity contribution in [3.63, 3.8) is 0 Å². The molecule has 0 radical (unpaired) electrons. The first-order chi connectivity index (χ1) is 8.13. The lowest BCUT2D eigenvalue weighted by molar-refractivity contribution is 0.485. The smallest absolute Gasteiger partial charge is 0.163 e. The predicted octanol–water partition coefficient (Wildman–Crippen LogP) is 2.01. The number of aryl methyl sites for hydroxylation is 1. The van der Waals surface area contributed by atoms with E-state index < -0.39 is 17.7 Å². The summed E-state index contributed by atoms with van der Waals surface area (Å²) in [6.45, 7) is 0. The second kappa shape index (κ2) is 4.63. The summed E-state index contributed by atoms with van der Waals surface area (Å²) in [4.78, 5) is 0. The first-order valence-corrected chi connectivity index (χ1v) is 5.24. The van der Waals surface area contributed by atoms with E-state index >= 15 is 0 Å². The number of halogens is 2. The van der Waals surface area contributed by atoms with Crippen LogP contribution in [-0.2, 0) is 7.05 Å². The molecule has 90 valence electrons. The Bertz CT molecular complexity index is 522. The van der Waals surface area contributed by atoms with Gasteiger partial charge < -0.3 is 5.32 Å². The second-order valence-corrected chi connectivity index (χ2v) is 3.78. The summed E-state index contributed by atoms with van der Waals surface area (Å²) in [5, 5.41) is 7.13. The summed E-state index contributed by atoms with van der Waals surface area (Å²) in [5.74, 6) is -1.68. The maximum atomic E-state index is 13.7. The quantitative estimate of drug-likeness (QED) is 0.885. The molecule has 1 atom stereocenters. The molecule has 0 fully saturated rings. The number of nitrogens with one attached hydrogen (secondary N) is 1. The summed E-state index contributed by atoms with van der Waals surface area (Å²) in [6, 6.07) is 5.46. The van der Waals surface area contributed by atoms with Gasteiger partial charge in [0.25, 0.3) is 0 Å². The monoisotopic (exact) mass is 237 g/mol. The fraction of sp³-hybridized carbons (Fsp3) is 0.250. The fourth-order valence-electron chi connectivity index (χ4n) is 1.79. The maximum absolute atomic E-state index is 13.7. The Morgan fingerprint density at radius 3 is 2.65 bits per heavy atom. The van der Waals surface area contributed by atoms with Crippen molar-refractivity contribution in [2.45, 2.75) is 6.04 Å². The SMILES string of the molecule is CNC(c1ccn(C)n1)c1cccc(F)c1F. The molecule has 0 spiro atoms. The van der Waals surface area contributed by atoms with Crippen molar-refractivity contribution in [3.8, 4) is 0 Å². The van der Waals surface area contributed by atoms with E-state index in [1.165, 1.54) is 6.07 Å². The van der Waals surface area contributed by atoms with Gasteiger partial charge in [-0.25, -0.2) is 8.78 Å². The molecule has 3 nitrogen and oxygen atoms in total. The Kier molecular flexibility index (Phi) is 3.19. The van der Waals surface area contributed by atoms with E-state index in [1.54, 1.807) is 37.1 Å². The second-order valence-electron chi connectivity index (χ2n) is 3.78. The lowest BCUT2D eigenvalue weighted by Crippen LogP contribution is -2.20. The molecule has 0 saturated heterocycles. The van der Waals surface area contributed by atoms with Crippen LogP contribution in [0.4, 0.5) is 8.78 Å². The maximum Gasteiger partial charge on any atom is 0.163 e. The number of hydrogen-bond donors (Lipinski definition) is 1. The fourth-order valence-corrected chi connectivity index (χ4v) is 1.79. The average molecular weight is 237 g/mol. The van der Waals surface area contributed by atoms with E-state index in [9.17, 15) is 8.78 Å². The molecule has 1 aromatic carbocycles. The van der Waals surface area contributed by atoms with Crippen molar-refractivity contribution in [1.82, 2.24) is 15.1 Å². The number of aromatic nitrogens is 2. The summed E-state index contributed by atoms with van der Waals surface area (Å²) in [5.41, 5.74) is 0.908. The minimum Gasteiger partial charge on any atom is -0.308 e. The molecule has 1 aromatic heterocycles. The third-order valence-electron chi connectivity index (χ3n) is 2.61. The van der Waals surface area contributed by atoms with Crippen molar-refractivity contribution < 1.29 is 8.78 Å². The minimum atomic E-state index is -0.848. The first kappa shape index (κ1) is 11.7. The number of benzene rings is 1. The lowest BCUT2D eigenvalue weighted by Gasteiger charge is -2.15. The molecule has 0 bridgehead atoms. The molecule has 1 N–H and O–H groups in total. The van der Waals surface area contributed by atoms with E-state index in [0.717, 1.165) is 6.07 Å². The van der Waals surface area contributed by atoms with E-state index in [1.807, 2.05) is 0 Å². The molecule has 1 heterocycles. The first-order valence-electron chi connectivity index (χ1n) is 5.24. The van der Waals surface area contributed by atoms with Gasteiger partial charge in [-0.15, -0.1) is 0 Å². The topological polar surface area (TPSA) is 29.9 Å². The zero-order valence-corrected chi connectivity index (χ0v) is 9.61. The van der Waals surface area contributed by atoms with Gasteiger partial charge >= 0.3 is 0 Å². The molecule has 0 saturated carbocycles. The Morgan fingerprint density at radius 1 is 1.29 bits per heavy atom. The molecule has 2 aromatic rings. The zero-order valence-electron chi connectivity index (χ0n) is 9.61. The molecular formula is C12H13F2N3. The van der Waals surface area contributed by atoms with Crippen LogP contribution in [0.1, 0.15) is 17.3 Å². The Balaban J connectivity index is 2.45. The van der Waals surface area contributed by atoms with E-state index in [2.05, 4.69) is 10.4 Å². The van der Waals surface area contributed by atoms with Gasteiger partial charge in [0.1, 0.15) is 0 Å². The van der Waals surface area contributed by atoms with Gasteiger partial charge in [-0.3, -0.25) is 4.68 Å². The van der Waals surface area contributed by atoms with Gasteiger partial charge in [-0.05, 0) is 19.2 Å². The highest BCUT2D eigenvalue weighted by Crippen LogP contribution is 2.24. The van der Waals surface area contributed by atoms with Crippen molar-refractivity contribution in [2.24, 2.45) is 7.05 Å². The molecule has 2 rings (SSSR count). The van der Waals surface area contributed by atoms with Gasteiger partial charge in [-0.2, -0.15) is 5.10 Å². The highest BCUT2D eigenvalue weighted by molar-refractivity contribution is 5.29. The normalized spacial score (nSPS) is 12.7. The lowest BCUT2D eigenvalue weighted by atomic mass is 10.0. The standard InChI is InChI=1S/C12H13F2N3/c1-15-12(10-6-7-17(2)16-10)8-4-3-5-9(13)11(8)14/h3-7,12,15H,1-2H3. The van der Waals surface area contributed by atoms with Gasteiger partial charge in [0.05, 0.1) is 11.7 Å². The number of nitrogens with zero attached hydrogens (tertiary/aromatic N) is 2. The third-order valence-corrected chi connectivity index (χ3v) is 2.61. The van der Waals surface area contributed by atoms with Gasteiger partial charge in [-0.1, -0.05) is 12.1 Å². The third kappa shape index (κ3) is 2.19.